The molecule has 1 aliphatic carbocycles. The zero-order valence-corrected chi connectivity index (χ0v) is 12.0. The van der Waals surface area contributed by atoms with Crippen LogP contribution in [0.5, 0.6) is 0 Å². The molecule has 0 bridgehead atoms. The molecule has 1 saturated carbocycles. The van der Waals surface area contributed by atoms with E-state index in [1.165, 1.54) is 51.6 Å². The summed E-state index contributed by atoms with van der Waals surface area (Å²) in [7, 11) is 0. The smallest absolute Gasteiger partial charge is 0.0382 e. The Kier molecular flexibility index (Phi) is 3.84. The molecule has 1 saturated heterocycles. The highest BCUT2D eigenvalue weighted by Gasteiger charge is 2.51. The van der Waals surface area contributed by atoms with Gasteiger partial charge in [-0.05, 0) is 43.6 Å². The molecule has 17 heavy (non-hydrogen) atoms. The molecule has 2 unspecified atom stereocenters. The van der Waals surface area contributed by atoms with Crippen LogP contribution in [0.25, 0.3) is 0 Å². The molecule has 1 aliphatic heterocycles. The topological polar surface area (TPSA) is 29.3 Å². The van der Waals surface area contributed by atoms with Crippen molar-refractivity contribution in [1.29, 1.82) is 0 Å². The molecule has 2 atom stereocenters. The van der Waals surface area contributed by atoms with E-state index in [-0.39, 0.29) is 0 Å². The maximum atomic E-state index is 6.22. The van der Waals surface area contributed by atoms with Crippen LogP contribution < -0.4 is 5.73 Å². The Morgan fingerprint density at radius 1 is 1.24 bits per heavy atom. The van der Waals surface area contributed by atoms with Crippen LogP contribution in [0.4, 0.5) is 0 Å². The lowest BCUT2D eigenvalue weighted by atomic mass is 9.72. The Morgan fingerprint density at radius 2 is 2.00 bits per heavy atom. The van der Waals surface area contributed by atoms with Crippen LogP contribution in [0.3, 0.4) is 0 Å². The fourth-order valence-electron chi connectivity index (χ4n) is 4.27. The third-order valence-electron chi connectivity index (χ3n) is 5.69. The highest BCUT2D eigenvalue weighted by molar-refractivity contribution is 5.07. The van der Waals surface area contributed by atoms with Gasteiger partial charge in [0.2, 0.25) is 0 Å². The molecule has 2 fully saturated rings. The van der Waals surface area contributed by atoms with Gasteiger partial charge in [0.1, 0.15) is 0 Å². The van der Waals surface area contributed by atoms with E-state index < -0.39 is 0 Å². The standard InChI is InChI=1S/C15H30N2/c1-4-13-7-5-10-17(11-13)15(12-16)9-6-8-14(15,2)3/h13H,4-12,16H2,1-3H3. The first kappa shape index (κ1) is 13.4. The summed E-state index contributed by atoms with van der Waals surface area (Å²) in [4.78, 5) is 2.76. The van der Waals surface area contributed by atoms with Crippen molar-refractivity contribution in [3.63, 3.8) is 0 Å². The van der Waals surface area contributed by atoms with Gasteiger partial charge in [0.15, 0.2) is 0 Å². The first-order valence-corrected chi connectivity index (χ1v) is 7.51. The van der Waals surface area contributed by atoms with Gasteiger partial charge < -0.3 is 5.73 Å². The van der Waals surface area contributed by atoms with Crippen molar-refractivity contribution in [2.75, 3.05) is 19.6 Å². The second kappa shape index (κ2) is 4.89. The molecule has 0 aromatic heterocycles. The lowest BCUT2D eigenvalue weighted by Crippen LogP contribution is -2.62. The maximum Gasteiger partial charge on any atom is 0.0382 e. The fourth-order valence-corrected chi connectivity index (χ4v) is 4.27. The number of hydrogen-bond acceptors (Lipinski definition) is 2. The summed E-state index contributed by atoms with van der Waals surface area (Å²) in [6.07, 6.45) is 8.14. The van der Waals surface area contributed by atoms with E-state index >= 15 is 0 Å². The van der Waals surface area contributed by atoms with Gasteiger partial charge in [-0.1, -0.05) is 33.6 Å². The van der Waals surface area contributed by atoms with E-state index in [2.05, 4.69) is 25.7 Å². The van der Waals surface area contributed by atoms with Crippen molar-refractivity contribution in [3.05, 3.63) is 0 Å². The summed E-state index contributed by atoms with van der Waals surface area (Å²) in [6, 6.07) is 0. The Bertz CT molecular complexity index is 262. The summed E-state index contributed by atoms with van der Waals surface area (Å²) in [5.74, 6) is 0.906. The molecule has 0 radical (unpaired) electrons. The predicted octanol–water partition coefficient (Wildman–Crippen LogP) is 3.02. The van der Waals surface area contributed by atoms with Crippen molar-refractivity contribution in [3.8, 4) is 0 Å². The van der Waals surface area contributed by atoms with Crippen LogP contribution in [-0.2, 0) is 0 Å². The molecule has 0 spiro atoms. The minimum atomic E-state index is 0.292. The monoisotopic (exact) mass is 238 g/mol. The van der Waals surface area contributed by atoms with Crippen molar-refractivity contribution in [2.24, 2.45) is 17.1 Å². The van der Waals surface area contributed by atoms with Gasteiger partial charge in [0, 0.05) is 18.6 Å². The molecular formula is C15H30N2. The van der Waals surface area contributed by atoms with Crippen LogP contribution in [0.15, 0.2) is 0 Å². The van der Waals surface area contributed by atoms with Gasteiger partial charge in [-0.15, -0.1) is 0 Å². The first-order chi connectivity index (χ1) is 8.05. The molecule has 100 valence electrons. The Labute approximate surface area is 107 Å². The molecule has 0 aromatic carbocycles. The normalized spacial score (nSPS) is 38.5. The highest BCUT2D eigenvalue weighted by Crippen LogP contribution is 2.50. The van der Waals surface area contributed by atoms with E-state index in [1.807, 2.05) is 0 Å². The van der Waals surface area contributed by atoms with Crippen molar-refractivity contribution < 1.29 is 0 Å². The zero-order valence-electron chi connectivity index (χ0n) is 12.0. The molecule has 2 rings (SSSR count). The van der Waals surface area contributed by atoms with E-state index in [4.69, 9.17) is 5.73 Å². The van der Waals surface area contributed by atoms with Crippen LogP contribution >= 0.6 is 0 Å². The van der Waals surface area contributed by atoms with Gasteiger partial charge >= 0.3 is 0 Å². The van der Waals surface area contributed by atoms with Gasteiger partial charge in [-0.3, -0.25) is 4.90 Å². The summed E-state index contributed by atoms with van der Waals surface area (Å²) < 4.78 is 0. The molecule has 2 N–H and O–H groups in total. The van der Waals surface area contributed by atoms with E-state index in [0.29, 0.717) is 11.0 Å². The molecule has 0 amide bonds. The van der Waals surface area contributed by atoms with E-state index in [0.717, 1.165) is 12.5 Å². The second-order valence-electron chi connectivity index (χ2n) is 6.84. The minimum Gasteiger partial charge on any atom is -0.329 e. The maximum absolute atomic E-state index is 6.22. The van der Waals surface area contributed by atoms with Gasteiger partial charge in [0.25, 0.3) is 0 Å². The molecular weight excluding hydrogens is 208 g/mol. The Morgan fingerprint density at radius 3 is 2.53 bits per heavy atom. The Hall–Kier alpha value is -0.0800. The third kappa shape index (κ3) is 2.15. The second-order valence-corrected chi connectivity index (χ2v) is 6.84. The van der Waals surface area contributed by atoms with Crippen molar-refractivity contribution in [1.82, 2.24) is 4.90 Å². The number of rotatable bonds is 3. The van der Waals surface area contributed by atoms with E-state index in [1.54, 1.807) is 0 Å². The SMILES string of the molecule is CCC1CCCN(C2(CN)CCCC2(C)C)C1. The van der Waals surface area contributed by atoms with E-state index in [9.17, 15) is 0 Å². The Balaban J connectivity index is 2.17. The zero-order chi connectivity index (χ0) is 12.5. The van der Waals surface area contributed by atoms with Crippen LogP contribution in [0, 0.1) is 11.3 Å². The van der Waals surface area contributed by atoms with Gasteiger partial charge in [-0.2, -0.15) is 0 Å². The number of nitrogens with two attached hydrogens (primary N) is 1. The molecule has 2 aliphatic rings. The molecule has 2 heteroatoms. The summed E-state index contributed by atoms with van der Waals surface area (Å²) >= 11 is 0. The van der Waals surface area contributed by atoms with Crippen LogP contribution in [-0.4, -0.2) is 30.1 Å². The lowest BCUT2D eigenvalue weighted by Gasteiger charge is -2.52. The lowest BCUT2D eigenvalue weighted by molar-refractivity contribution is -0.0163. The molecule has 2 nitrogen and oxygen atoms in total. The number of piperidine rings is 1. The van der Waals surface area contributed by atoms with Crippen molar-refractivity contribution in [2.45, 2.75) is 64.8 Å². The molecule has 0 aromatic rings. The third-order valence-corrected chi connectivity index (χ3v) is 5.69. The summed E-state index contributed by atoms with van der Waals surface area (Å²) in [5, 5.41) is 0. The summed E-state index contributed by atoms with van der Waals surface area (Å²) in [6.45, 7) is 10.6. The van der Waals surface area contributed by atoms with Gasteiger partial charge in [0.05, 0.1) is 0 Å². The van der Waals surface area contributed by atoms with Crippen LogP contribution in [0.2, 0.25) is 0 Å². The number of hydrogen-bond donors (Lipinski definition) is 1. The highest BCUT2D eigenvalue weighted by atomic mass is 15.2. The average molecular weight is 238 g/mol. The van der Waals surface area contributed by atoms with Crippen molar-refractivity contribution >= 4 is 0 Å². The first-order valence-electron chi connectivity index (χ1n) is 7.51. The predicted molar refractivity (Wildman–Crippen MR) is 74.0 cm³/mol. The summed E-state index contributed by atoms with van der Waals surface area (Å²) in [5.41, 5.74) is 6.91. The largest absolute Gasteiger partial charge is 0.329 e. The number of nitrogens with zero attached hydrogens (tertiary/aromatic N) is 1. The fraction of sp³-hybridized carbons (Fsp3) is 1.00. The van der Waals surface area contributed by atoms with Gasteiger partial charge in [-0.25, -0.2) is 0 Å². The van der Waals surface area contributed by atoms with Crippen LogP contribution in [0.1, 0.15) is 59.3 Å². The quantitative estimate of drug-likeness (QED) is 0.819. The minimum absolute atomic E-state index is 0.292. The number of likely N-dealkylation sites (tertiary alicyclic amines) is 1. The molecule has 1 heterocycles. The average Bonchev–Trinajstić information content (AvgIpc) is 2.65.